The second kappa shape index (κ2) is 12.6. The molecule has 222 valence electrons. The van der Waals surface area contributed by atoms with Crippen molar-refractivity contribution in [3.63, 3.8) is 0 Å². The van der Waals surface area contributed by atoms with Gasteiger partial charge >= 0.3 is 6.18 Å². The Kier molecular flexibility index (Phi) is 9.36. The van der Waals surface area contributed by atoms with E-state index in [1.165, 1.54) is 41.2 Å². The summed E-state index contributed by atoms with van der Waals surface area (Å²) in [4.78, 5) is 45.1. The standard InChI is InChI=1S/C29H34ClF3N4O4/c1-34(2)27(39)23-8-7-21(18-24(23)30)35-13-15-37(16-14-35)26(38)19-9-11-36(12-10-19)28(40)25(29(31,32)33)20-5-4-6-22(17-20)41-3/h4-8,17-19,25H,9-16H2,1-3H3. The number of piperidine rings is 1. The number of ether oxygens (including phenoxy) is 1. The molecule has 2 heterocycles. The molecule has 1 atom stereocenters. The molecule has 0 radical (unpaired) electrons. The first-order chi connectivity index (χ1) is 19.4. The van der Waals surface area contributed by atoms with E-state index in [-0.39, 0.29) is 42.1 Å². The third kappa shape index (κ3) is 6.89. The number of nitrogens with zero attached hydrogens (tertiary/aromatic N) is 4. The van der Waals surface area contributed by atoms with Gasteiger partial charge in [0, 0.05) is 65.0 Å². The predicted octanol–water partition coefficient (Wildman–Crippen LogP) is 4.28. The summed E-state index contributed by atoms with van der Waals surface area (Å²) in [7, 11) is 4.67. The van der Waals surface area contributed by atoms with Crippen LogP contribution in [0.4, 0.5) is 18.9 Å². The van der Waals surface area contributed by atoms with E-state index < -0.39 is 18.0 Å². The SMILES string of the molecule is COc1cccc(C(C(=O)N2CCC(C(=O)N3CCN(c4ccc(C(=O)N(C)C)c(Cl)c4)CC3)CC2)C(F)(F)F)c1. The number of anilines is 1. The molecule has 2 aromatic carbocycles. The fraction of sp³-hybridized carbons (Fsp3) is 0.483. The maximum absolute atomic E-state index is 14.0. The van der Waals surface area contributed by atoms with E-state index in [0.717, 1.165) is 5.69 Å². The molecule has 0 bridgehead atoms. The van der Waals surface area contributed by atoms with Crippen molar-refractivity contribution in [3.05, 3.63) is 58.6 Å². The zero-order valence-electron chi connectivity index (χ0n) is 23.3. The van der Waals surface area contributed by atoms with E-state index >= 15 is 0 Å². The van der Waals surface area contributed by atoms with Crippen molar-refractivity contribution in [3.8, 4) is 5.75 Å². The van der Waals surface area contributed by atoms with Gasteiger partial charge in [-0.1, -0.05) is 23.7 Å². The largest absolute Gasteiger partial charge is 0.497 e. The summed E-state index contributed by atoms with van der Waals surface area (Å²) in [6.07, 6.45) is -4.14. The van der Waals surface area contributed by atoms with Crippen LogP contribution in [0.3, 0.4) is 0 Å². The number of piperazine rings is 1. The number of halogens is 4. The molecule has 12 heteroatoms. The molecule has 0 spiro atoms. The predicted molar refractivity (Wildman–Crippen MR) is 149 cm³/mol. The van der Waals surface area contributed by atoms with Crippen molar-refractivity contribution in [2.24, 2.45) is 5.92 Å². The highest BCUT2D eigenvalue weighted by atomic mass is 35.5. The highest BCUT2D eigenvalue weighted by molar-refractivity contribution is 6.34. The number of likely N-dealkylation sites (tertiary alicyclic amines) is 1. The summed E-state index contributed by atoms with van der Waals surface area (Å²) >= 11 is 6.36. The Morgan fingerprint density at radius 2 is 1.61 bits per heavy atom. The van der Waals surface area contributed by atoms with Crippen LogP contribution in [-0.4, -0.2) is 99.1 Å². The molecule has 0 aliphatic carbocycles. The molecule has 4 rings (SSSR count). The van der Waals surface area contributed by atoms with Gasteiger partial charge in [0.15, 0.2) is 5.92 Å². The van der Waals surface area contributed by atoms with Crippen LogP contribution < -0.4 is 9.64 Å². The van der Waals surface area contributed by atoms with Gasteiger partial charge in [-0.15, -0.1) is 0 Å². The number of carbonyl (C=O) groups excluding carboxylic acids is 3. The zero-order chi connectivity index (χ0) is 29.9. The molecule has 1 unspecified atom stereocenters. The lowest BCUT2D eigenvalue weighted by atomic mass is 9.92. The van der Waals surface area contributed by atoms with Gasteiger partial charge in [0.25, 0.3) is 5.91 Å². The minimum absolute atomic E-state index is 0.0399. The van der Waals surface area contributed by atoms with Gasteiger partial charge in [-0.3, -0.25) is 14.4 Å². The third-order valence-electron chi connectivity index (χ3n) is 7.70. The topological polar surface area (TPSA) is 73.4 Å². The summed E-state index contributed by atoms with van der Waals surface area (Å²) in [6, 6.07) is 10.8. The average molecular weight is 595 g/mol. The van der Waals surface area contributed by atoms with Crippen molar-refractivity contribution >= 4 is 35.0 Å². The summed E-state index contributed by atoms with van der Waals surface area (Å²) in [5.41, 5.74) is 1.11. The first kappa shape index (κ1) is 30.5. The number of carbonyl (C=O) groups is 3. The number of amides is 3. The summed E-state index contributed by atoms with van der Waals surface area (Å²) in [5, 5.41) is 0.361. The van der Waals surface area contributed by atoms with Crippen molar-refractivity contribution in [2.45, 2.75) is 24.9 Å². The Labute approximate surface area is 242 Å². The highest BCUT2D eigenvalue weighted by Gasteiger charge is 2.48. The van der Waals surface area contributed by atoms with Crippen molar-refractivity contribution in [1.82, 2.24) is 14.7 Å². The lowest BCUT2D eigenvalue weighted by molar-refractivity contribution is -0.173. The first-order valence-corrected chi connectivity index (χ1v) is 13.8. The molecule has 0 N–H and O–H groups in total. The van der Waals surface area contributed by atoms with Crippen LogP contribution in [0.15, 0.2) is 42.5 Å². The highest BCUT2D eigenvalue weighted by Crippen LogP contribution is 2.38. The number of rotatable bonds is 6. The van der Waals surface area contributed by atoms with E-state index in [4.69, 9.17) is 16.3 Å². The van der Waals surface area contributed by atoms with E-state index in [1.54, 1.807) is 31.1 Å². The third-order valence-corrected chi connectivity index (χ3v) is 8.02. The number of hydrogen-bond donors (Lipinski definition) is 0. The van der Waals surface area contributed by atoms with Gasteiger partial charge in [0.05, 0.1) is 17.7 Å². The minimum Gasteiger partial charge on any atom is -0.497 e. The minimum atomic E-state index is -4.76. The molecule has 0 saturated carbocycles. The molecule has 2 aliphatic heterocycles. The fourth-order valence-corrected chi connectivity index (χ4v) is 5.64. The van der Waals surface area contributed by atoms with Crippen LogP contribution in [0.5, 0.6) is 5.75 Å². The Morgan fingerprint density at radius 3 is 2.17 bits per heavy atom. The van der Waals surface area contributed by atoms with Gasteiger partial charge in [-0.2, -0.15) is 13.2 Å². The maximum Gasteiger partial charge on any atom is 0.404 e. The Hall–Kier alpha value is -3.47. The van der Waals surface area contributed by atoms with Crippen LogP contribution >= 0.6 is 11.6 Å². The number of alkyl halides is 3. The summed E-state index contributed by atoms with van der Waals surface area (Å²) in [6.45, 7) is 2.30. The first-order valence-electron chi connectivity index (χ1n) is 13.4. The molecule has 2 aromatic rings. The molecule has 3 amide bonds. The lowest BCUT2D eigenvalue weighted by Crippen LogP contribution is -2.52. The maximum atomic E-state index is 14.0. The van der Waals surface area contributed by atoms with E-state index in [1.807, 2.05) is 6.07 Å². The van der Waals surface area contributed by atoms with Crippen LogP contribution in [0.1, 0.15) is 34.7 Å². The van der Waals surface area contributed by atoms with Gasteiger partial charge < -0.3 is 24.3 Å². The molecule has 2 aliphatic rings. The average Bonchev–Trinajstić information content (AvgIpc) is 2.96. The number of hydrogen-bond acceptors (Lipinski definition) is 5. The lowest BCUT2D eigenvalue weighted by Gasteiger charge is -2.40. The molecular formula is C29H34ClF3N4O4. The van der Waals surface area contributed by atoms with Crippen molar-refractivity contribution in [1.29, 1.82) is 0 Å². The molecule has 2 fully saturated rings. The summed E-state index contributed by atoms with van der Waals surface area (Å²) < 4.78 is 47.0. The monoisotopic (exact) mass is 594 g/mol. The van der Waals surface area contributed by atoms with E-state index in [2.05, 4.69) is 4.90 Å². The second-order valence-electron chi connectivity index (χ2n) is 10.5. The van der Waals surface area contributed by atoms with Crippen LogP contribution in [0.2, 0.25) is 5.02 Å². The second-order valence-corrected chi connectivity index (χ2v) is 10.9. The molecule has 0 aromatic heterocycles. The normalized spacial score (nSPS) is 17.3. The Morgan fingerprint density at radius 1 is 0.951 bits per heavy atom. The molecule has 8 nitrogen and oxygen atoms in total. The number of benzene rings is 2. The molecule has 2 saturated heterocycles. The fourth-order valence-electron chi connectivity index (χ4n) is 5.38. The van der Waals surface area contributed by atoms with Crippen molar-refractivity contribution < 1.29 is 32.3 Å². The van der Waals surface area contributed by atoms with Crippen molar-refractivity contribution in [2.75, 3.05) is 65.4 Å². The smallest absolute Gasteiger partial charge is 0.404 e. The summed E-state index contributed by atoms with van der Waals surface area (Å²) in [5.74, 6) is -3.63. The molecular weight excluding hydrogens is 561 g/mol. The number of methoxy groups -OCH3 is 1. The van der Waals surface area contributed by atoms with E-state index in [0.29, 0.717) is 49.6 Å². The van der Waals surface area contributed by atoms with Crippen LogP contribution in [0, 0.1) is 5.92 Å². The zero-order valence-corrected chi connectivity index (χ0v) is 24.0. The Balaban J connectivity index is 1.32. The van der Waals surface area contributed by atoms with Crippen LogP contribution in [-0.2, 0) is 9.59 Å². The van der Waals surface area contributed by atoms with Gasteiger partial charge in [-0.05, 0) is 48.7 Å². The van der Waals surface area contributed by atoms with E-state index in [9.17, 15) is 27.6 Å². The van der Waals surface area contributed by atoms with Gasteiger partial charge in [-0.25, -0.2) is 0 Å². The Bertz CT molecular complexity index is 1270. The molecule has 41 heavy (non-hydrogen) atoms. The van der Waals surface area contributed by atoms with Crippen LogP contribution in [0.25, 0.3) is 0 Å². The van der Waals surface area contributed by atoms with Gasteiger partial charge in [0.2, 0.25) is 11.8 Å². The quantitative estimate of drug-likeness (QED) is 0.499. The van der Waals surface area contributed by atoms with Gasteiger partial charge in [0.1, 0.15) is 5.75 Å².